The van der Waals surface area contributed by atoms with Gasteiger partial charge in [-0.25, -0.2) is 4.98 Å². The maximum Gasteiger partial charge on any atom is 0.229 e. The maximum absolute atomic E-state index is 8.79. The van der Waals surface area contributed by atoms with Gasteiger partial charge in [-0.2, -0.15) is 10.2 Å². The van der Waals surface area contributed by atoms with E-state index in [1.807, 2.05) is 12.1 Å². The van der Waals surface area contributed by atoms with Crippen molar-refractivity contribution in [3.05, 3.63) is 39.6 Å². The molecule has 2 N–H and O–H groups in total. The maximum atomic E-state index is 8.79. The van der Waals surface area contributed by atoms with Crippen LogP contribution in [0.5, 0.6) is 0 Å². The molecule has 0 bridgehead atoms. The van der Waals surface area contributed by atoms with Crippen LogP contribution in [0.1, 0.15) is 18.4 Å². The van der Waals surface area contributed by atoms with E-state index in [0.717, 1.165) is 27.5 Å². The number of benzene rings is 1. The van der Waals surface area contributed by atoms with E-state index in [0.29, 0.717) is 11.5 Å². The quantitative estimate of drug-likeness (QED) is 0.764. The number of halogens is 1. The fraction of sp³-hybridized carbons (Fsp3) is 0.267. The molecule has 0 saturated heterocycles. The summed E-state index contributed by atoms with van der Waals surface area (Å²) in [5, 5.41) is 15.3. The molecule has 1 aromatic carbocycles. The van der Waals surface area contributed by atoms with Crippen molar-refractivity contribution < 1.29 is 0 Å². The van der Waals surface area contributed by atoms with E-state index in [1.165, 1.54) is 12.8 Å². The zero-order valence-corrected chi connectivity index (χ0v) is 13.5. The van der Waals surface area contributed by atoms with Gasteiger partial charge in [-0.1, -0.05) is 0 Å². The lowest BCUT2D eigenvalue weighted by atomic mass is 10.2. The Morgan fingerprint density at radius 2 is 2.05 bits per heavy atom. The number of nitrogens with zero attached hydrogens (tertiary/aromatic N) is 3. The van der Waals surface area contributed by atoms with Gasteiger partial charge in [0.2, 0.25) is 5.95 Å². The number of anilines is 3. The van der Waals surface area contributed by atoms with Gasteiger partial charge >= 0.3 is 0 Å². The van der Waals surface area contributed by atoms with Crippen molar-refractivity contribution in [3.63, 3.8) is 0 Å². The van der Waals surface area contributed by atoms with Crippen LogP contribution < -0.4 is 10.6 Å². The van der Waals surface area contributed by atoms with Crippen LogP contribution >= 0.6 is 22.6 Å². The third-order valence-corrected chi connectivity index (χ3v) is 4.06. The monoisotopic (exact) mass is 391 g/mol. The minimum Gasteiger partial charge on any atom is -0.369 e. The van der Waals surface area contributed by atoms with Crippen LogP contribution in [-0.2, 0) is 0 Å². The van der Waals surface area contributed by atoms with Gasteiger partial charge in [0.25, 0.3) is 0 Å². The number of nitrogens with one attached hydrogen (secondary N) is 2. The highest BCUT2D eigenvalue weighted by atomic mass is 127. The smallest absolute Gasteiger partial charge is 0.229 e. The van der Waals surface area contributed by atoms with Gasteiger partial charge in [0, 0.05) is 18.4 Å². The summed E-state index contributed by atoms with van der Waals surface area (Å²) in [5.74, 6) is 2.22. The summed E-state index contributed by atoms with van der Waals surface area (Å²) in [4.78, 5) is 8.79. The molecule has 0 amide bonds. The molecular weight excluding hydrogens is 377 g/mol. The van der Waals surface area contributed by atoms with E-state index in [2.05, 4.69) is 49.3 Å². The van der Waals surface area contributed by atoms with Crippen LogP contribution in [0, 0.1) is 20.8 Å². The lowest BCUT2D eigenvalue weighted by Crippen LogP contribution is -2.08. The molecule has 1 aromatic heterocycles. The molecule has 0 atom stereocenters. The molecular formula is C15H14IN5. The van der Waals surface area contributed by atoms with Gasteiger partial charge in [-0.3, -0.25) is 0 Å². The van der Waals surface area contributed by atoms with Gasteiger partial charge in [0.1, 0.15) is 5.82 Å². The van der Waals surface area contributed by atoms with Gasteiger partial charge in [-0.15, -0.1) is 0 Å². The third-order valence-electron chi connectivity index (χ3n) is 3.27. The van der Waals surface area contributed by atoms with Crippen LogP contribution in [0.2, 0.25) is 0 Å². The Bertz CT molecular complexity index is 673. The first-order chi connectivity index (χ1) is 10.2. The molecule has 1 fully saturated rings. The molecule has 1 saturated carbocycles. The Balaban J connectivity index is 1.71. The second kappa shape index (κ2) is 6.26. The Morgan fingerprint density at radius 3 is 2.71 bits per heavy atom. The molecule has 2 aromatic rings. The van der Waals surface area contributed by atoms with Crippen molar-refractivity contribution in [1.29, 1.82) is 5.26 Å². The Labute approximate surface area is 137 Å². The molecule has 1 aliphatic carbocycles. The van der Waals surface area contributed by atoms with E-state index < -0.39 is 0 Å². The van der Waals surface area contributed by atoms with Gasteiger partial charge in [0.05, 0.1) is 15.2 Å². The predicted octanol–water partition coefficient (Wildman–Crippen LogP) is 3.52. The van der Waals surface area contributed by atoms with Crippen molar-refractivity contribution in [1.82, 2.24) is 9.97 Å². The van der Waals surface area contributed by atoms with Crippen molar-refractivity contribution in [2.45, 2.75) is 12.8 Å². The Kier molecular flexibility index (Phi) is 4.20. The fourth-order valence-corrected chi connectivity index (χ4v) is 2.32. The molecule has 0 radical (unpaired) electrons. The highest BCUT2D eigenvalue weighted by Crippen LogP contribution is 2.29. The summed E-state index contributed by atoms with van der Waals surface area (Å²) < 4.78 is 1.01. The summed E-state index contributed by atoms with van der Waals surface area (Å²) in [6.45, 7) is 0.976. The number of nitriles is 1. The Hall–Kier alpha value is -1.88. The minimum atomic E-state index is 0.554. The van der Waals surface area contributed by atoms with E-state index in [1.54, 1.807) is 18.3 Å². The predicted molar refractivity (Wildman–Crippen MR) is 90.4 cm³/mol. The average molecular weight is 391 g/mol. The molecule has 0 spiro atoms. The molecule has 21 heavy (non-hydrogen) atoms. The Morgan fingerprint density at radius 1 is 1.29 bits per heavy atom. The standard InChI is InChI=1S/C15H14IN5/c16-13-9-19-15(21-14(13)18-8-11-1-2-11)20-12-5-3-10(7-17)4-6-12/h3-6,9,11H,1-2,8H2,(H2,18,19,20,21). The van der Waals surface area contributed by atoms with Crippen molar-refractivity contribution in [3.8, 4) is 6.07 Å². The van der Waals surface area contributed by atoms with E-state index in [-0.39, 0.29) is 0 Å². The molecule has 3 rings (SSSR count). The van der Waals surface area contributed by atoms with Gasteiger partial charge in [-0.05, 0) is 65.6 Å². The molecule has 6 heteroatoms. The summed E-state index contributed by atoms with van der Waals surface area (Å²) in [7, 11) is 0. The second-order valence-electron chi connectivity index (χ2n) is 5.03. The molecule has 5 nitrogen and oxygen atoms in total. The van der Waals surface area contributed by atoms with E-state index in [4.69, 9.17) is 5.26 Å². The highest BCUT2D eigenvalue weighted by molar-refractivity contribution is 14.1. The first kappa shape index (κ1) is 14.1. The number of aromatic nitrogens is 2. The van der Waals surface area contributed by atoms with E-state index >= 15 is 0 Å². The van der Waals surface area contributed by atoms with Gasteiger partial charge < -0.3 is 10.6 Å². The van der Waals surface area contributed by atoms with Crippen molar-refractivity contribution in [2.24, 2.45) is 5.92 Å². The normalized spacial score (nSPS) is 13.5. The largest absolute Gasteiger partial charge is 0.369 e. The fourth-order valence-electron chi connectivity index (χ4n) is 1.87. The van der Waals surface area contributed by atoms with Crippen molar-refractivity contribution >= 4 is 40.0 Å². The third kappa shape index (κ3) is 3.82. The van der Waals surface area contributed by atoms with Crippen LogP contribution in [0.3, 0.4) is 0 Å². The zero-order chi connectivity index (χ0) is 14.7. The first-order valence-electron chi connectivity index (χ1n) is 6.78. The highest BCUT2D eigenvalue weighted by Gasteiger charge is 2.21. The lowest BCUT2D eigenvalue weighted by molar-refractivity contribution is 0.880. The second-order valence-corrected chi connectivity index (χ2v) is 6.19. The van der Waals surface area contributed by atoms with Crippen LogP contribution in [0.15, 0.2) is 30.5 Å². The summed E-state index contributed by atoms with van der Waals surface area (Å²) in [6, 6.07) is 9.32. The molecule has 106 valence electrons. The first-order valence-corrected chi connectivity index (χ1v) is 7.86. The van der Waals surface area contributed by atoms with E-state index in [9.17, 15) is 0 Å². The van der Waals surface area contributed by atoms with Crippen LogP contribution in [0.4, 0.5) is 17.5 Å². The number of hydrogen-bond donors (Lipinski definition) is 2. The molecule has 0 aliphatic heterocycles. The SMILES string of the molecule is N#Cc1ccc(Nc2ncc(I)c(NCC3CC3)n2)cc1. The summed E-state index contributed by atoms with van der Waals surface area (Å²) in [6.07, 6.45) is 4.42. The van der Waals surface area contributed by atoms with Crippen LogP contribution in [0.25, 0.3) is 0 Å². The molecule has 1 aliphatic rings. The summed E-state index contributed by atoms with van der Waals surface area (Å²) in [5.41, 5.74) is 1.50. The number of hydrogen-bond acceptors (Lipinski definition) is 5. The van der Waals surface area contributed by atoms with Crippen molar-refractivity contribution in [2.75, 3.05) is 17.2 Å². The number of rotatable bonds is 5. The van der Waals surface area contributed by atoms with Crippen LogP contribution in [-0.4, -0.2) is 16.5 Å². The lowest BCUT2D eigenvalue weighted by Gasteiger charge is -2.10. The minimum absolute atomic E-state index is 0.554. The zero-order valence-electron chi connectivity index (χ0n) is 11.3. The van der Waals surface area contributed by atoms with Gasteiger partial charge in [0.15, 0.2) is 0 Å². The molecule has 0 unspecified atom stereocenters. The topological polar surface area (TPSA) is 73.6 Å². The molecule has 1 heterocycles. The average Bonchev–Trinajstić information content (AvgIpc) is 3.33. The summed E-state index contributed by atoms with van der Waals surface area (Å²) >= 11 is 2.23.